The van der Waals surface area contributed by atoms with Gasteiger partial charge in [-0.3, -0.25) is 0 Å². The Kier molecular flexibility index (Phi) is 4.07. The van der Waals surface area contributed by atoms with E-state index in [2.05, 4.69) is 0 Å². The maximum Gasteiger partial charge on any atom is 0.245 e. The summed E-state index contributed by atoms with van der Waals surface area (Å²) >= 11 is 0. The van der Waals surface area contributed by atoms with Crippen LogP contribution in [0.5, 0.6) is 0 Å². The fourth-order valence-electron chi connectivity index (χ4n) is 2.07. The Hall–Kier alpha value is -1.18. The van der Waals surface area contributed by atoms with Crippen LogP contribution in [0.3, 0.4) is 0 Å². The largest absolute Gasteiger partial charge is 0.398 e. The first-order valence-electron chi connectivity index (χ1n) is 6.08. The van der Waals surface area contributed by atoms with Gasteiger partial charge in [0.1, 0.15) is 10.7 Å². The lowest BCUT2D eigenvalue weighted by Crippen LogP contribution is -2.36. The molecule has 1 aromatic rings. The van der Waals surface area contributed by atoms with E-state index in [0.717, 1.165) is 12.1 Å². The number of ether oxygens (including phenoxy) is 1. The first-order valence-corrected chi connectivity index (χ1v) is 7.52. The SMILES string of the molecule is CC1CN(S(=O)(=O)c2ccc(F)cc2N)CCCO1. The summed E-state index contributed by atoms with van der Waals surface area (Å²) in [6.07, 6.45) is 0.462. The molecule has 2 N–H and O–H groups in total. The summed E-state index contributed by atoms with van der Waals surface area (Å²) < 4.78 is 44.7. The van der Waals surface area contributed by atoms with Gasteiger partial charge in [-0.2, -0.15) is 4.31 Å². The van der Waals surface area contributed by atoms with Crippen LogP contribution in [-0.4, -0.2) is 38.5 Å². The molecular weight excluding hydrogens is 271 g/mol. The molecule has 1 heterocycles. The second-order valence-electron chi connectivity index (χ2n) is 4.58. The van der Waals surface area contributed by atoms with E-state index in [1.165, 1.54) is 10.4 Å². The van der Waals surface area contributed by atoms with Crippen molar-refractivity contribution in [3.05, 3.63) is 24.0 Å². The number of halogens is 1. The molecule has 0 amide bonds. The molecule has 0 aliphatic carbocycles. The lowest BCUT2D eigenvalue weighted by atomic mass is 10.3. The molecule has 2 rings (SSSR count). The lowest BCUT2D eigenvalue weighted by Gasteiger charge is -2.22. The molecule has 1 fully saturated rings. The van der Waals surface area contributed by atoms with Gasteiger partial charge in [-0.15, -0.1) is 0 Å². The van der Waals surface area contributed by atoms with Crippen LogP contribution in [0, 0.1) is 5.82 Å². The van der Waals surface area contributed by atoms with E-state index in [-0.39, 0.29) is 23.2 Å². The number of benzene rings is 1. The molecule has 0 saturated carbocycles. The second-order valence-corrected chi connectivity index (χ2v) is 6.49. The zero-order chi connectivity index (χ0) is 14.0. The third kappa shape index (κ3) is 3.05. The van der Waals surface area contributed by atoms with Crippen molar-refractivity contribution in [3.63, 3.8) is 0 Å². The van der Waals surface area contributed by atoms with E-state index in [9.17, 15) is 12.8 Å². The second kappa shape index (κ2) is 5.44. The third-order valence-corrected chi connectivity index (χ3v) is 4.94. The van der Waals surface area contributed by atoms with Gasteiger partial charge in [0.25, 0.3) is 0 Å². The van der Waals surface area contributed by atoms with Gasteiger partial charge in [0.05, 0.1) is 11.8 Å². The van der Waals surface area contributed by atoms with Gasteiger partial charge in [-0.25, -0.2) is 12.8 Å². The fraction of sp³-hybridized carbons (Fsp3) is 0.500. The van der Waals surface area contributed by atoms with Crippen molar-refractivity contribution in [1.82, 2.24) is 4.31 Å². The lowest BCUT2D eigenvalue weighted by molar-refractivity contribution is 0.0752. The summed E-state index contributed by atoms with van der Waals surface area (Å²) in [5, 5.41) is 0. The molecule has 7 heteroatoms. The van der Waals surface area contributed by atoms with Crippen LogP contribution >= 0.6 is 0 Å². The summed E-state index contributed by atoms with van der Waals surface area (Å²) in [6.45, 7) is 3.01. The van der Waals surface area contributed by atoms with Crippen molar-refractivity contribution >= 4 is 15.7 Å². The number of nitrogens with zero attached hydrogens (tertiary/aromatic N) is 1. The van der Waals surface area contributed by atoms with Crippen LogP contribution in [0.2, 0.25) is 0 Å². The first kappa shape index (κ1) is 14.2. The molecule has 0 bridgehead atoms. The number of nitrogens with two attached hydrogens (primary N) is 1. The Bertz CT molecular complexity index is 562. The van der Waals surface area contributed by atoms with E-state index in [1.807, 2.05) is 6.92 Å². The van der Waals surface area contributed by atoms with Gasteiger partial charge in [-0.05, 0) is 31.5 Å². The number of hydrogen-bond acceptors (Lipinski definition) is 4. The van der Waals surface area contributed by atoms with Crippen molar-refractivity contribution in [1.29, 1.82) is 0 Å². The fourth-order valence-corrected chi connectivity index (χ4v) is 3.72. The zero-order valence-corrected chi connectivity index (χ0v) is 11.5. The van der Waals surface area contributed by atoms with E-state index < -0.39 is 15.8 Å². The minimum Gasteiger partial charge on any atom is -0.398 e. The topological polar surface area (TPSA) is 72.6 Å². The maximum absolute atomic E-state index is 13.0. The Labute approximate surface area is 112 Å². The molecule has 106 valence electrons. The van der Waals surface area contributed by atoms with Gasteiger partial charge < -0.3 is 10.5 Å². The number of anilines is 1. The minimum absolute atomic E-state index is 0.0528. The van der Waals surface area contributed by atoms with Crippen molar-refractivity contribution < 1.29 is 17.5 Å². The summed E-state index contributed by atoms with van der Waals surface area (Å²) in [4.78, 5) is -0.0528. The highest BCUT2D eigenvalue weighted by Crippen LogP contribution is 2.24. The van der Waals surface area contributed by atoms with E-state index in [4.69, 9.17) is 10.5 Å². The monoisotopic (exact) mass is 288 g/mol. The first-order chi connectivity index (χ1) is 8.91. The minimum atomic E-state index is -3.70. The molecule has 1 aliphatic rings. The molecule has 0 radical (unpaired) electrons. The van der Waals surface area contributed by atoms with Gasteiger partial charge in [0, 0.05) is 19.7 Å². The van der Waals surface area contributed by atoms with Crippen molar-refractivity contribution in [2.24, 2.45) is 0 Å². The predicted molar refractivity (Wildman–Crippen MR) is 69.6 cm³/mol. The highest BCUT2D eigenvalue weighted by molar-refractivity contribution is 7.89. The average Bonchev–Trinajstić information content (AvgIpc) is 2.53. The smallest absolute Gasteiger partial charge is 0.245 e. The van der Waals surface area contributed by atoms with Crippen LogP contribution in [0.25, 0.3) is 0 Å². The van der Waals surface area contributed by atoms with Crippen LogP contribution < -0.4 is 5.73 Å². The standard InChI is InChI=1S/C12H17FN2O3S/c1-9-8-15(5-2-6-18-9)19(16,17)12-4-3-10(13)7-11(12)14/h3-4,7,9H,2,5-6,8,14H2,1H3. The summed E-state index contributed by atoms with van der Waals surface area (Å²) in [7, 11) is -3.70. The molecule has 19 heavy (non-hydrogen) atoms. The van der Waals surface area contributed by atoms with E-state index in [1.54, 1.807) is 0 Å². The van der Waals surface area contributed by atoms with Crippen molar-refractivity contribution in [3.8, 4) is 0 Å². The highest BCUT2D eigenvalue weighted by Gasteiger charge is 2.29. The number of hydrogen-bond donors (Lipinski definition) is 1. The van der Waals surface area contributed by atoms with Gasteiger partial charge in [0.2, 0.25) is 10.0 Å². The molecule has 5 nitrogen and oxygen atoms in total. The van der Waals surface area contributed by atoms with E-state index >= 15 is 0 Å². The predicted octanol–water partition coefficient (Wildman–Crippen LogP) is 1.21. The normalized spacial score (nSPS) is 22.1. The molecule has 0 spiro atoms. The van der Waals surface area contributed by atoms with Crippen molar-refractivity contribution in [2.75, 3.05) is 25.4 Å². The van der Waals surface area contributed by atoms with Crippen LogP contribution in [0.1, 0.15) is 13.3 Å². The van der Waals surface area contributed by atoms with Gasteiger partial charge in [-0.1, -0.05) is 0 Å². The number of rotatable bonds is 2. The quantitative estimate of drug-likeness (QED) is 0.830. The van der Waals surface area contributed by atoms with Crippen LogP contribution in [0.15, 0.2) is 23.1 Å². The molecule has 1 unspecified atom stereocenters. The molecule has 1 aliphatic heterocycles. The number of nitrogen functional groups attached to an aromatic ring is 1. The van der Waals surface area contributed by atoms with Gasteiger partial charge in [0.15, 0.2) is 0 Å². The summed E-state index contributed by atoms with van der Waals surface area (Å²) in [5.41, 5.74) is 5.54. The Morgan fingerprint density at radius 2 is 2.21 bits per heavy atom. The maximum atomic E-state index is 13.0. The Morgan fingerprint density at radius 3 is 2.89 bits per heavy atom. The summed E-state index contributed by atoms with van der Waals surface area (Å²) in [5.74, 6) is -0.552. The summed E-state index contributed by atoms with van der Waals surface area (Å²) in [6, 6.07) is 3.32. The molecule has 0 aromatic heterocycles. The molecular formula is C12H17FN2O3S. The van der Waals surface area contributed by atoms with E-state index in [0.29, 0.717) is 19.6 Å². The van der Waals surface area contributed by atoms with Crippen LogP contribution in [0.4, 0.5) is 10.1 Å². The molecule has 1 aromatic carbocycles. The molecule has 1 atom stereocenters. The highest BCUT2D eigenvalue weighted by atomic mass is 32.2. The number of sulfonamides is 1. The third-order valence-electron chi connectivity index (χ3n) is 3.00. The zero-order valence-electron chi connectivity index (χ0n) is 10.7. The average molecular weight is 288 g/mol. The van der Waals surface area contributed by atoms with Crippen molar-refractivity contribution in [2.45, 2.75) is 24.3 Å². The van der Waals surface area contributed by atoms with Gasteiger partial charge >= 0.3 is 0 Å². The Morgan fingerprint density at radius 1 is 1.47 bits per heavy atom. The molecule has 1 saturated heterocycles. The Balaban J connectivity index is 2.35. The van der Waals surface area contributed by atoms with Crippen LogP contribution in [-0.2, 0) is 14.8 Å².